The van der Waals surface area contributed by atoms with E-state index in [2.05, 4.69) is 4.98 Å². The number of benzene rings is 2. The lowest BCUT2D eigenvalue weighted by Crippen LogP contribution is -2.26. The Morgan fingerprint density at radius 2 is 1.17 bits per heavy atom. The Morgan fingerprint density at radius 1 is 0.667 bits per heavy atom. The molecule has 0 atom stereocenters. The molecule has 0 fully saturated rings. The standard InChI is InChI=1S/C24H13NO5/c26-23-19-18(13-9-11-25-12-10-13)20-22(15-6-2-4-8-17(15)29-24(20)27)30-21(19)14-5-1-3-7-16(14)28-23/h1-12,18H. The van der Waals surface area contributed by atoms with E-state index in [1.807, 2.05) is 24.3 Å². The van der Waals surface area contributed by atoms with Crippen molar-refractivity contribution in [1.29, 1.82) is 0 Å². The fourth-order valence-electron chi connectivity index (χ4n) is 4.13. The molecule has 0 saturated heterocycles. The molecular formula is C24H13NO5. The topological polar surface area (TPSA) is 82.5 Å². The van der Waals surface area contributed by atoms with Crippen LogP contribution >= 0.6 is 0 Å². The minimum absolute atomic E-state index is 0.273. The van der Waals surface area contributed by atoms with Gasteiger partial charge in [-0.1, -0.05) is 24.3 Å². The summed E-state index contributed by atoms with van der Waals surface area (Å²) in [5.74, 6) is 0.0901. The first kappa shape index (κ1) is 16.7. The number of hydrogen-bond donors (Lipinski definition) is 0. The zero-order chi connectivity index (χ0) is 20.2. The van der Waals surface area contributed by atoms with E-state index < -0.39 is 17.2 Å². The van der Waals surface area contributed by atoms with Gasteiger partial charge in [0.15, 0.2) is 0 Å². The highest BCUT2D eigenvalue weighted by Gasteiger charge is 2.37. The smallest absolute Gasteiger partial charge is 0.344 e. The van der Waals surface area contributed by atoms with Crippen LogP contribution in [-0.2, 0) is 0 Å². The number of pyridine rings is 1. The van der Waals surface area contributed by atoms with Crippen LogP contribution in [0.25, 0.3) is 21.9 Å². The van der Waals surface area contributed by atoms with Crippen molar-refractivity contribution in [3.8, 4) is 11.5 Å². The fourth-order valence-corrected chi connectivity index (χ4v) is 4.13. The van der Waals surface area contributed by atoms with Crippen molar-refractivity contribution in [2.75, 3.05) is 0 Å². The summed E-state index contributed by atoms with van der Waals surface area (Å²) in [4.78, 5) is 30.2. The van der Waals surface area contributed by atoms with Gasteiger partial charge in [-0.25, -0.2) is 9.59 Å². The maximum absolute atomic E-state index is 13.1. The lowest BCUT2D eigenvalue weighted by molar-refractivity contribution is 0.429. The molecule has 0 N–H and O–H groups in total. The third-order valence-corrected chi connectivity index (χ3v) is 5.42. The van der Waals surface area contributed by atoms with E-state index >= 15 is 0 Å². The monoisotopic (exact) mass is 395 g/mol. The van der Waals surface area contributed by atoms with Gasteiger partial charge in [0.2, 0.25) is 0 Å². The molecule has 0 amide bonds. The van der Waals surface area contributed by atoms with Gasteiger partial charge in [0.1, 0.15) is 22.7 Å². The first-order valence-corrected chi connectivity index (χ1v) is 9.41. The molecule has 0 unspecified atom stereocenters. The predicted octanol–water partition coefficient (Wildman–Crippen LogP) is 4.58. The Kier molecular flexibility index (Phi) is 3.43. The number of rotatable bonds is 1. The molecule has 144 valence electrons. The largest absolute Gasteiger partial charge is 0.455 e. The molecular weight excluding hydrogens is 382 g/mol. The molecule has 4 heterocycles. The first-order chi connectivity index (χ1) is 14.7. The van der Waals surface area contributed by atoms with Gasteiger partial charge in [-0.2, -0.15) is 0 Å². The third-order valence-electron chi connectivity index (χ3n) is 5.42. The highest BCUT2D eigenvalue weighted by molar-refractivity contribution is 5.90. The summed E-state index contributed by atoms with van der Waals surface area (Å²) in [7, 11) is 0. The molecule has 0 saturated carbocycles. The number of aromatic nitrogens is 1. The van der Waals surface area contributed by atoms with Crippen LogP contribution in [0.1, 0.15) is 22.6 Å². The number of para-hydroxylation sites is 2. The molecule has 0 aliphatic carbocycles. The van der Waals surface area contributed by atoms with Crippen molar-refractivity contribution in [1.82, 2.24) is 4.98 Å². The predicted molar refractivity (Wildman–Crippen MR) is 110 cm³/mol. The van der Waals surface area contributed by atoms with Crippen LogP contribution in [0.5, 0.6) is 11.5 Å². The van der Waals surface area contributed by atoms with E-state index in [4.69, 9.17) is 13.6 Å². The van der Waals surface area contributed by atoms with Crippen molar-refractivity contribution < 1.29 is 13.6 Å². The van der Waals surface area contributed by atoms with Gasteiger partial charge >= 0.3 is 11.3 Å². The van der Waals surface area contributed by atoms with Crippen molar-refractivity contribution >= 4 is 21.9 Å². The summed E-state index contributed by atoms with van der Waals surface area (Å²) < 4.78 is 17.4. The Balaban J connectivity index is 1.81. The van der Waals surface area contributed by atoms with Crippen molar-refractivity contribution in [2.45, 2.75) is 5.92 Å². The molecule has 5 aromatic rings. The molecule has 2 aromatic carbocycles. The minimum atomic E-state index is -0.700. The molecule has 30 heavy (non-hydrogen) atoms. The Morgan fingerprint density at radius 3 is 1.70 bits per heavy atom. The van der Waals surface area contributed by atoms with Gasteiger partial charge in [0, 0.05) is 12.4 Å². The van der Waals surface area contributed by atoms with E-state index in [9.17, 15) is 9.59 Å². The van der Waals surface area contributed by atoms with Crippen molar-refractivity contribution in [2.24, 2.45) is 0 Å². The van der Waals surface area contributed by atoms with E-state index in [1.54, 1.807) is 48.8 Å². The second kappa shape index (κ2) is 6.15. The van der Waals surface area contributed by atoms with Gasteiger partial charge in [0.25, 0.3) is 0 Å². The minimum Gasteiger partial charge on any atom is -0.455 e. The average molecular weight is 395 g/mol. The zero-order valence-electron chi connectivity index (χ0n) is 15.5. The maximum Gasteiger partial charge on any atom is 0.344 e. The van der Waals surface area contributed by atoms with Crippen LogP contribution in [0.3, 0.4) is 0 Å². The van der Waals surface area contributed by atoms with Gasteiger partial charge in [0.05, 0.1) is 27.8 Å². The molecule has 3 aromatic heterocycles. The average Bonchev–Trinajstić information content (AvgIpc) is 2.78. The molecule has 6 rings (SSSR count). The van der Waals surface area contributed by atoms with Gasteiger partial charge < -0.3 is 13.6 Å². The summed E-state index contributed by atoms with van der Waals surface area (Å²) in [5.41, 5.74) is 1.01. The van der Waals surface area contributed by atoms with E-state index in [-0.39, 0.29) is 11.1 Å². The van der Waals surface area contributed by atoms with Crippen LogP contribution in [0.15, 0.2) is 91.5 Å². The maximum atomic E-state index is 13.1. The van der Waals surface area contributed by atoms with Gasteiger partial charge in [-0.3, -0.25) is 4.98 Å². The van der Waals surface area contributed by atoms with Gasteiger partial charge in [-0.15, -0.1) is 0 Å². The summed E-state index contributed by atoms with van der Waals surface area (Å²) in [6.45, 7) is 0. The van der Waals surface area contributed by atoms with Crippen LogP contribution in [0.2, 0.25) is 0 Å². The SMILES string of the molecule is O=c1oc2ccccc2c2c1C(c1ccncc1)c1c(c3ccccc3oc1=O)O2. The van der Waals surface area contributed by atoms with Gasteiger partial charge in [-0.05, 0) is 42.0 Å². The normalized spacial score (nSPS) is 13.1. The first-order valence-electron chi connectivity index (χ1n) is 9.41. The number of hydrogen-bond acceptors (Lipinski definition) is 6. The van der Waals surface area contributed by atoms with E-state index in [0.717, 1.165) is 5.56 Å². The fraction of sp³-hybridized carbons (Fsp3) is 0.0417. The zero-order valence-corrected chi connectivity index (χ0v) is 15.5. The molecule has 6 heteroatoms. The molecule has 0 spiro atoms. The lowest BCUT2D eigenvalue weighted by Gasteiger charge is -2.27. The summed E-state index contributed by atoms with van der Waals surface area (Å²) in [5, 5.41) is 1.32. The van der Waals surface area contributed by atoms with Crippen LogP contribution in [-0.4, -0.2) is 4.98 Å². The molecule has 1 aliphatic heterocycles. The molecule has 1 aliphatic rings. The quantitative estimate of drug-likeness (QED) is 0.379. The lowest BCUT2D eigenvalue weighted by atomic mass is 9.83. The summed E-state index contributed by atoms with van der Waals surface area (Å²) in [6.07, 6.45) is 3.24. The highest BCUT2D eigenvalue weighted by atomic mass is 16.5. The Hall–Kier alpha value is -4.19. The molecule has 0 radical (unpaired) electrons. The van der Waals surface area contributed by atoms with E-state index in [0.29, 0.717) is 33.4 Å². The van der Waals surface area contributed by atoms with Crippen LogP contribution in [0.4, 0.5) is 0 Å². The summed E-state index contributed by atoms with van der Waals surface area (Å²) >= 11 is 0. The summed E-state index contributed by atoms with van der Waals surface area (Å²) in [6, 6.07) is 17.9. The second-order valence-electron chi connectivity index (χ2n) is 7.07. The number of ether oxygens (including phenoxy) is 1. The molecule has 0 bridgehead atoms. The number of fused-ring (bicyclic) bond motifs is 6. The Bertz CT molecular complexity index is 1470. The van der Waals surface area contributed by atoms with Crippen molar-refractivity contribution in [3.05, 3.63) is 111 Å². The third kappa shape index (κ3) is 2.27. The van der Waals surface area contributed by atoms with Crippen molar-refractivity contribution in [3.63, 3.8) is 0 Å². The van der Waals surface area contributed by atoms with E-state index in [1.165, 1.54) is 0 Å². The van der Waals surface area contributed by atoms with Crippen LogP contribution in [0, 0.1) is 0 Å². The highest BCUT2D eigenvalue weighted by Crippen LogP contribution is 2.49. The molecule has 6 nitrogen and oxygen atoms in total. The second-order valence-corrected chi connectivity index (χ2v) is 7.07. The number of nitrogens with zero attached hydrogens (tertiary/aromatic N) is 1. The van der Waals surface area contributed by atoms with Crippen LogP contribution < -0.4 is 16.0 Å². The Labute approximate surface area is 169 Å².